The molecule has 0 amide bonds. The molecule has 0 heterocycles. The quantitative estimate of drug-likeness (QED) is 0.417. The van der Waals surface area contributed by atoms with Crippen LogP contribution in [0.2, 0.25) is 5.02 Å². The molecule has 1 fully saturated rings. The summed E-state index contributed by atoms with van der Waals surface area (Å²) >= 11 is 6.24. The molecule has 2 aromatic carbocycles. The average Bonchev–Trinajstić information content (AvgIpc) is 2.78. The Morgan fingerprint density at radius 3 is 2.37 bits per heavy atom. The molecule has 162 valence electrons. The Bertz CT molecular complexity index is 829. The topological polar surface area (TPSA) is 35.5 Å². The molecule has 0 aliphatic heterocycles. The zero-order valence-electron chi connectivity index (χ0n) is 17.7. The number of methoxy groups -OCH3 is 1. The lowest BCUT2D eigenvalue weighted by atomic mass is 9.82. The van der Waals surface area contributed by atoms with Crippen LogP contribution in [0, 0.1) is 0 Å². The van der Waals surface area contributed by atoms with Gasteiger partial charge in [-0.3, -0.25) is 0 Å². The normalized spacial score (nSPS) is 19.9. The molecule has 0 bridgehead atoms. The fourth-order valence-corrected chi connectivity index (χ4v) is 4.30. The third kappa shape index (κ3) is 5.75. The molecule has 0 spiro atoms. The Kier molecular flexibility index (Phi) is 8.15. The van der Waals surface area contributed by atoms with E-state index in [1.165, 1.54) is 5.56 Å². The highest BCUT2D eigenvalue weighted by Crippen LogP contribution is 2.36. The van der Waals surface area contributed by atoms with Crippen LogP contribution in [0.3, 0.4) is 0 Å². The number of alkyl halides is 1. The second-order valence-corrected chi connectivity index (χ2v) is 8.40. The molecule has 1 saturated carbocycles. The Labute approximate surface area is 183 Å². The number of carbonyl (C=O) groups excluding carboxylic acids is 1. The van der Waals surface area contributed by atoms with Gasteiger partial charge in [0.15, 0.2) is 6.17 Å². The first-order valence-electron chi connectivity index (χ1n) is 10.8. The molecular formula is C25H30ClFO3. The summed E-state index contributed by atoms with van der Waals surface area (Å²) < 4.78 is 24.5. The van der Waals surface area contributed by atoms with E-state index in [0.29, 0.717) is 23.1 Å². The Hall–Kier alpha value is -2.07. The maximum Gasteiger partial charge on any atom is 0.340 e. The molecule has 0 radical (unpaired) electrons. The van der Waals surface area contributed by atoms with Crippen LogP contribution >= 0.6 is 11.6 Å². The smallest absolute Gasteiger partial charge is 0.340 e. The first-order chi connectivity index (χ1) is 14.5. The lowest BCUT2D eigenvalue weighted by molar-refractivity contribution is -0.157. The third-order valence-corrected chi connectivity index (χ3v) is 6.19. The minimum absolute atomic E-state index is 0.158. The summed E-state index contributed by atoms with van der Waals surface area (Å²) in [6.07, 6.45) is 3.66. The summed E-state index contributed by atoms with van der Waals surface area (Å²) in [6.45, 7) is 1.98. The van der Waals surface area contributed by atoms with Gasteiger partial charge in [-0.05, 0) is 66.8 Å². The predicted octanol–water partition coefficient (Wildman–Crippen LogP) is 7.11. The second-order valence-electron chi connectivity index (χ2n) is 7.99. The Morgan fingerprint density at radius 2 is 1.77 bits per heavy atom. The van der Waals surface area contributed by atoms with Crippen molar-refractivity contribution >= 4 is 17.6 Å². The molecular weight excluding hydrogens is 403 g/mol. The minimum Gasteiger partial charge on any atom is -0.495 e. The second kappa shape index (κ2) is 10.8. The van der Waals surface area contributed by atoms with Crippen LogP contribution in [0.15, 0.2) is 42.5 Å². The summed E-state index contributed by atoms with van der Waals surface area (Å²) in [4.78, 5) is 11.9. The van der Waals surface area contributed by atoms with E-state index in [2.05, 4.69) is 24.3 Å². The number of rotatable bonds is 8. The first-order valence-corrected chi connectivity index (χ1v) is 11.2. The maximum atomic E-state index is 13.8. The summed E-state index contributed by atoms with van der Waals surface area (Å²) in [6, 6.07) is 14.3. The number of halogens is 2. The van der Waals surface area contributed by atoms with Crippen molar-refractivity contribution in [1.29, 1.82) is 0 Å². The predicted molar refractivity (Wildman–Crippen MR) is 119 cm³/mol. The molecule has 0 aromatic heterocycles. The van der Waals surface area contributed by atoms with Crippen molar-refractivity contribution in [2.45, 2.75) is 70.1 Å². The fraction of sp³-hybridized carbons (Fsp3) is 0.480. The van der Waals surface area contributed by atoms with E-state index in [1.807, 2.05) is 25.1 Å². The average molecular weight is 433 g/mol. The van der Waals surface area contributed by atoms with E-state index in [-0.39, 0.29) is 12.5 Å². The minimum atomic E-state index is -1.48. The van der Waals surface area contributed by atoms with Gasteiger partial charge in [0.25, 0.3) is 0 Å². The van der Waals surface area contributed by atoms with Crippen molar-refractivity contribution in [3.05, 3.63) is 53.1 Å². The largest absolute Gasteiger partial charge is 0.495 e. The van der Waals surface area contributed by atoms with Gasteiger partial charge in [-0.15, -0.1) is 0 Å². The van der Waals surface area contributed by atoms with Gasteiger partial charge in [0.1, 0.15) is 11.9 Å². The number of hydrogen-bond acceptors (Lipinski definition) is 3. The van der Waals surface area contributed by atoms with Gasteiger partial charge < -0.3 is 9.47 Å². The highest BCUT2D eigenvalue weighted by Gasteiger charge is 2.27. The number of unbranched alkanes of at least 4 members (excludes halogenated alkanes) is 1. The van der Waals surface area contributed by atoms with Crippen LogP contribution in [-0.4, -0.2) is 25.4 Å². The molecule has 0 saturated heterocycles. The van der Waals surface area contributed by atoms with E-state index >= 15 is 0 Å². The Balaban J connectivity index is 1.53. The molecule has 1 aliphatic rings. The van der Waals surface area contributed by atoms with Gasteiger partial charge in [0.05, 0.1) is 12.1 Å². The monoisotopic (exact) mass is 432 g/mol. The maximum absolute atomic E-state index is 13.8. The lowest BCUT2D eigenvalue weighted by Gasteiger charge is -2.29. The van der Waals surface area contributed by atoms with Crippen molar-refractivity contribution in [3.8, 4) is 16.9 Å². The van der Waals surface area contributed by atoms with Gasteiger partial charge >= 0.3 is 5.97 Å². The van der Waals surface area contributed by atoms with E-state index in [4.69, 9.17) is 21.1 Å². The number of esters is 1. The van der Waals surface area contributed by atoms with Gasteiger partial charge in [0, 0.05) is 0 Å². The number of benzene rings is 2. The fourth-order valence-electron chi connectivity index (χ4n) is 4.05. The van der Waals surface area contributed by atoms with Crippen molar-refractivity contribution in [1.82, 2.24) is 0 Å². The molecule has 3 rings (SSSR count). The highest BCUT2D eigenvalue weighted by atomic mass is 35.5. The van der Waals surface area contributed by atoms with E-state index in [0.717, 1.165) is 43.2 Å². The van der Waals surface area contributed by atoms with Crippen LogP contribution in [0.4, 0.5) is 4.39 Å². The van der Waals surface area contributed by atoms with Crippen LogP contribution < -0.4 is 4.74 Å². The van der Waals surface area contributed by atoms with Crippen molar-refractivity contribution in [2.75, 3.05) is 7.11 Å². The van der Waals surface area contributed by atoms with Crippen LogP contribution in [0.1, 0.15) is 63.4 Å². The molecule has 3 nitrogen and oxygen atoms in total. The molecule has 0 unspecified atom stereocenters. The Morgan fingerprint density at radius 1 is 1.10 bits per heavy atom. The van der Waals surface area contributed by atoms with Gasteiger partial charge in [-0.25, -0.2) is 9.18 Å². The summed E-state index contributed by atoms with van der Waals surface area (Å²) in [5.41, 5.74) is 3.44. The molecule has 2 aromatic rings. The zero-order chi connectivity index (χ0) is 21.5. The first kappa shape index (κ1) is 22.6. The number of hydrogen-bond donors (Lipinski definition) is 0. The molecule has 1 aliphatic carbocycles. The van der Waals surface area contributed by atoms with E-state index in [1.54, 1.807) is 7.11 Å². The molecule has 30 heavy (non-hydrogen) atoms. The van der Waals surface area contributed by atoms with Crippen molar-refractivity contribution in [3.63, 3.8) is 0 Å². The lowest BCUT2D eigenvalue weighted by Crippen LogP contribution is -2.28. The van der Waals surface area contributed by atoms with Gasteiger partial charge in [-0.1, -0.05) is 61.7 Å². The van der Waals surface area contributed by atoms with Gasteiger partial charge in [-0.2, -0.15) is 0 Å². The van der Waals surface area contributed by atoms with E-state index in [9.17, 15) is 9.18 Å². The number of carbonyl (C=O) groups is 1. The molecule has 5 heteroatoms. The SMILES string of the molecule is CCCC[C@H](F)C(=O)O[C@H]1CC[C@H](c2ccc(-c3ccc(OC)c(Cl)c3)cc2)CC1. The van der Waals surface area contributed by atoms with Gasteiger partial charge in [0.2, 0.25) is 0 Å². The van der Waals surface area contributed by atoms with Crippen molar-refractivity contribution < 1.29 is 18.7 Å². The van der Waals surface area contributed by atoms with E-state index < -0.39 is 12.1 Å². The molecule has 0 N–H and O–H groups in total. The summed E-state index contributed by atoms with van der Waals surface area (Å²) in [5, 5.41) is 0.595. The number of ether oxygens (including phenoxy) is 2. The van der Waals surface area contributed by atoms with Crippen LogP contribution in [0.5, 0.6) is 5.75 Å². The van der Waals surface area contributed by atoms with Crippen LogP contribution in [0.25, 0.3) is 11.1 Å². The highest BCUT2D eigenvalue weighted by molar-refractivity contribution is 6.32. The third-order valence-electron chi connectivity index (χ3n) is 5.89. The summed E-state index contributed by atoms with van der Waals surface area (Å²) in [5.74, 6) is 0.420. The summed E-state index contributed by atoms with van der Waals surface area (Å²) in [7, 11) is 1.60. The molecule has 1 atom stereocenters. The van der Waals surface area contributed by atoms with Crippen LogP contribution in [-0.2, 0) is 9.53 Å². The zero-order valence-corrected chi connectivity index (χ0v) is 18.5. The standard InChI is InChI=1S/C25H30ClFO3/c1-3-4-5-23(27)25(28)30-21-13-10-18(11-14-21)17-6-8-19(9-7-17)20-12-15-24(29-2)22(26)16-20/h6-9,12,15-16,18,21,23H,3-5,10-11,13-14H2,1-2H3/t18-,21-,23-/m0/s1. The van der Waals surface area contributed by atoms with Crippen molar-refractivity contribution in [2.24, 2.45) is 0 Å².